The Morgan fingerprint density at radius 1 is 1.19 bits per heavy atom. The Morgan fingerprint density at radius 3 is 2.48 bits per heavy atom. The van der Waals surface area contributed by atoms with Crippen molar-refractivity contribution in [3.8, 4) is 11.8 Å². The second-order valence-electron chi connectivity index (χ2n) is 4.25. The number of hydrogen-bond acceptors (Lipinski definition) is 3. The van der Waals surface area contributed by atoms with Crippen LogP contribution in [0.15, 0.2) is 54.1 Å². The third-order valence-corrected chi connectivity index (χ3v) is 2.90. The van der Waals surface area contributed by atoms with Crippen LogP contribution in [0.1, 0.15) is 15.9 Å². The smallest absolute Gasteiger partial charge is 0.207 e. The van der Waals surface area contributed by atoms with Crippen molar-refractivity contribution in [3.63, 3.8) is 0 Å². The Labute approximate surface area is 121 Å². The fourth-order valence-corrected chi connectivity index (χ4v) is 1.85. The van der Waals surface area contributed by atoms with E-state index in [1.807, 2.05) is 6.07 Å². The van der Waals surface area contributed by atoms with Gasteiger partial charge in [0.15, 0.2) is 0 Å². The molecule has 0 aliphatic carbocycles. The first-order valence-electron chi connectivity index (χ1n) is 6.21. The number of benzene rings is 2. The van der Waals surface area contributed by atoms with E-state index in [2.05, 4.69) is 0 Å². The molecule has 2 aromatic rings. The van der Waals surface area contributed by atoms with E-state index in [0.717, 1.165) is 0 Å². The van der Waals surface area contributed by atoms with Gasteiger partial charge in [0.2, 0.25) is 5.78 Å². The van der Waals surface area contributed by atoms with Crippen molar-refractivity contribution in [1.29, 1.82) is 5.26 Å². The van der Waals surface area contributed by atoms with Crippen LogP contribution in [0.4, 0.5) is 4.39 Å². The maximum Gasteiger partial charge on any atom is 0.207 e. The number of carbonyl (C=O) groups is 1. The summed E-state index contributed by atoms with van der Waals surface area (Å²) in [5, 5.41) is 9.18. The molecule has 0 radical (unpaired) electrons. The fraction of sp³-hybridized carbons (Fsp3) is 0.0588. The van der Waals surface area contributed by atoms with Crippen molar-refractivity contribution in [3.05, 3.63) is 71.0 Å². The number of carbonyl (C=O) groups excluding carboxylic acids is 1. The Bertz CT molecular complexity index is 727. The lowest BCUT2D eigenvalue weighted by Crippen LogP contribution is -2.04. The minimum absolute atomic E-state index is 0.0360. The van der Waals surface area contributed by atoms with Gasteiger partial charge in [-0.3, -0.25) is 4.79 Å². The van der Waals surface area contributed by atoms with Gasteiger partial charge in [-0.25, -0.2) is 4.39 Å². The second-order valence-corrected chi connectivity index (χ2v) is 4.25. The van der Waals surface area contributed by atoms with Crippen molar-refractivity contribution < 1.29 is 13.9 Å². The first-order chi connectivity index (χ1) is 10.2. The summed E-state index contributed by atoms with van der Waals surface area (Å²) in [7, 11) is 1.46. The molecule has 0 amide bonds. The van der Waals surface area contributed by atoms with Gasteiger partial charge in [-0.05, 0) is 35.9 Å². The molecule has 2 rings (SSSR count). The van der Waals surface area contributed by atoms with Gasteiger partial charge in [-0.2, -0.15) is 5.26 Å². The van der Waals surface area contributed by atoms with E-state index in [1.165, 1.54) is 37.5 Å². The molecule has 0 saturated heterocycles. The highest BCUT2D eigenvalue weighted by Crippen LogP contribution is 2.21. The van der Waals surface area contributed by atoms with Crippen LogP contribution in [0.25, 0.3) is 6.08 Å². The molecule has 0 fully saturated rings. The number of ether oxygens (including phenoxy) is 1. The second kappa shape index (κ2) is 6.49. The fourth-order valence-electron chi connectivity index (χ4n) is 1.85. The number of hydrogen-bond donors (Lipinski definition) is 0. The SMILES string of the molecule is COc1ccccc1C(=O)/C(C#N)=C/c1ccc(F)cc1. The molecule has 3 nitrogen and oxygen atoms in total. The van der Waals surface area contributed by atoms with Crippen molar-refractivity contribution in [2.45, 2.75) is 0 Å². The van der Waals surface area contributed by atoms with Crippen molar-refractivity contribution in [1.82, 2.24) is 0 Å². The number of ketones is 1. The summed E-state index contributed by atoms with van der Waals surface area (Å²) in [6, 6.07) is 14.1. The van der Waals surface area contributed by atoms with Crippen LogP contribution in [0, 0.1) is 17.1 Å². The zero-order valence-electron chi connectivity index (χ0n) is 11.3. The van der Waals surface area contributed by atoms with Crippen LogP contribution in [-0.2, 0) is 0 Å². The largest absolute Gasteiger partial charge is 0.496 e. The van der Waals surface area contributed by atoms with Gasteiger partial charge < -0.3 is 4.74 Å². The lowest BCUT2D eigenvalue weighted by molar-refractivity contribution is 0.103. The molecule has 0 unspecified atom stereocenters. The third kappa shape index (κ3) is 3.34. The minimum Gasteiger partial charge on any atom is -0.496 e. The van der Waals surface area contributed by atoms with Gasteiger partial charge in [-0.1, -0.05) is 24.3 Å². The quantitative estimate of drug-likeness (QED) is 0.488. The molecule has 0 heterocycles. The molecule has 0 aliphatic heterocycles. The lowest BCUT2D eigenvalue weighted by Gasteiger charge is -2.06. The number of allylic oxidation sites excluding steroid dienone is 1. The summed E-state index contributed by atoms with van der Waals surface area (Å²) in [5.41, 5.74) is 0.859. The monoisotopic (exact) mass is 281 g/mol. The first-order valence-corrected chi connectivity index (χ1v) is 6.21. The van der Waals surface area contributed by atoms with Gasteiger partial charge in [0.25, 0.3) is 0 Å². The molecule has 0 saturated carbocycles. The molecule has 21 heavy (non-hydrogen) atoms. The predicted octanol–water partition coefficient (Wildman–Crippen LogP) is 3.62. The van der Waals surface area contributed by atoms with E-state index >= 15 is 0 Å². The van der Waals surface area contributed by atoms with Crippen molar-refractivity contribution in [2.24, 2.45) is 0 Å². The lowest BCUT2D eigenvalue weighted by atomic mass is 10.0. The van der Waals surface area contributed by atoms with Crippen LogP contribution >= 0.6 is 0 Å². The average molecular weight is 281 g/mol. The normalized spacial score (nSPS) is 10.8. The number of Topliss-reactive ketones (excluding diaryl/α,β-unsaturated/α-hetero) is 1. The van der Waals surface area contributed by atoms with E-state index in [-0.39, 0.29) is 11.4 Å². The molecule has 0 spiro atoms. The summed E-state index contributed by atoms with van der Waals surface area (Å²) in [6.07, 6.45) is 1.42. The number of methoxy groups -OCH3 is 1. The zero-order chi connectivity index (χ0) is 15.2. The highest BCUT2D eigenvalue weighted by atomic mass is 19.1. The topological polar surface area (TPSA) is 50.1 Å². The standard InChI is InChI=1S/C17H12FNO2/c1-21-16-5-3-2-4-15(16)17(20)13(11-19)10-12-6-8-14(18)9-7-12/h2-10H,1H3/b13-10+. The van der Waals surface area contributed by atoms with Crippen LogP contribution < -0.4 is 4.74 Å². The molecular formula is C17H12FNO2. The Kier molecular flexibility index (Phi) is 4.47. The molecule has 0 aliphatic rings. The molecule has 2 aromatic carbocycles. The van der Waals surface area contributed by atoms with E-state index < -0.39 is 5.78 Å². The molecule has 0 aromatic heterocycles. The Morgan fingerprint density at radius 2 is 1.86 bits per heavy atom. The van der Waals surface area contributed by atoms with Crippen LogP contribution in [0.2, 0.25) is 0 Å². The number of nitriles is 1. The number of halogens is 1. The predicted molar refractivity (Wildman–Crippen MR) is 77.3 cm³/mol. The Hall–Kier alpha value is -2.93. The summed E-state index contributed by atoms with van der Waals surface area (Å²) >= 11 is 0. The Balaban J connectivity index is 2.39. The van der Waals surface area contributed by atoms with Crippen LogP contribution in [0.3, 0.4) is 0 Å². The van der Waals surface area contributed by atoms with Crippen LogP contribution in [0.5, 0.6) is 5.75 Å². The number of nitrogens with zero attached hydrogens (tertiary/aromatic N) is 1. The van der Waals surface area contributed by atoms with Crippen LogP contribution in [-0.4, -0.2) is 12.9 Å². The molecule has 104 valence electrons. The van der Waals surface area contributed by atoms with Crippen molar-refractivity contribution >= 4 is 11.9 Å². The number of rotatable bonds is 4. The third-order valence-electron chi connectivity index (χ3n) is 2.90. The van der Waals surface area contributed by atoms with Gasteiger partial charge in [0.1, 0.15) is 23.2 Å². The maximum absolute atomic E-state index is 12.9. The zero-order valence-corrected chi connectivity index (χ0v) is 11.3. The minimum atomic E-state index is -0.431. The molecule has 0 bridgehead atoms. The summed E-state index contributed by atoms with van der Waals surface area (Å²) in [6.45, 7) is 0. The average Bonchev–Trinajstić information content (AvgIpc) is 2.53. The van der Waals surface area contributed by atoms with Gasteiger partial charge >= 0.3 is 0 Å². The molecular weight excluding hydrogens is 269 g/mol. The molecule has 0 N–H and O–H groups in total. The number of para-hydroxylation sites is 1. The van der Waals surface area contributed by atoms with Gasteiger partial charge in [0.05, 0.1) is 12.7 Å². The summed E-state index contributed by atoms with van der Waals surface area (Å²) in [5.74, 6) is -0.399. The highest BCUT2D eigenvalue weighted by molar-refractivity contribution is 6.15. The van der Waals surface area contributed by atoms with E-state index in [9.17, 15) is 14.4 Å². The highest BCUT2D eigenvalue weighted by Gasteiger charge is 2.16. The first kappa shape index (κ1) is 14.5. The van der Waals surface area contributed by atoms with E-state index in [4.69, 9.17) is 4.74 Å². The van der Waals surface area contributed by atoms with Crippen molar-refractivity contribution in [2.75, 3.05) is 7.11 Å². The van der Waals surface area contributed by atoms with Gasteiger partial charge in [0, 0.05) is 0 Å². The van der Waals surface area contributed by atoms with E-state index in [0.29, 0.717) is 16.9 Å². The maximum atomic E-state index is 12.9. The van der Waals surface area contributed by atoms with Gasteiger partial charge in [-0.15, -0.1) is 0 Å². The molecule has 4 heteroatoms. The van der Waals surface area contributed by atoms with E-state index in [1.54, 1.807) is 24.3 Å². The summed E-state index contributed by atoms with van der Waals surface area (Å²) < 4.78 is 18.0. The molecule has 0 atom stereocenters. The summed E-state index contributed by atoms with van der Waals surface area (Å²) in [4.78, 5) is 12.4.